The highest BCUT2D eigenvalue weighted by Gasteiger charge is 2.65. The summed E-state index contributed by atoms with van der Waals surface area (Å²) in [6, 6.07) is 11.8. The molecule has 0 aliphatic heterocycles. The lowest BCUT2D eigenvalue weighted by molar-refractivity contribution is 0.219. The SMILES string of the molecule is Cc1nn(C[C@@H](C)CO)cc1-c1cccc([C@@]23CC[C@@H](c4cc(-c5c(F)cccc5F)nnc42)C3(C)C)n1. The van der Waals surface area contributed by atoms with Crippen molar-refractivity contribution in [3.8, 4) is 22.5 Å². The van der Waals surface area contributed by atoms with Gasteiger partial charge in [0, 0.05) is 24.9 Å². The molecule has 2 aliphatic carbocycles. The molecule has 38 heavy (non-hydrogen) atoms. The molecule has 0 amide bonds. The van der Waals surface area contributed by atoms with Crippen LogP contribution in [-0.2, 0) is 12.0 Å². The molecule has 3 aromatic heterocycles. The Hall–Kier alpha value is -3.52. The van der Waals surface area contributed by atoms with Gasteiger partial charge in [-0.25, -0.2) is 8.78 Å². The number of halogens is 2. The number of aryl methyl sites for hydroxylation is 1. The summed E-state index contributed by atoms with van der Waals surface area (Å²) in [7, 11) is 0. The smallest absolute Gasteiger partial charge is 0.135 e. The Bertz CT molecular complexity index is 1530. The molecule has 1 fully saturated rings. The van der Waals surface area contributed by atoms with Crippen molar-refractivity contribution in [1.82, 2.24) is 25.0 Å². The highest BCUT2D eigenvalue weighted by atomic mass is 19.1. The zero-order valence-corrected chi connectivity index (χ0v) is 22.0. The molecular weight excluding hydrogens is 484 g/mol. The molecule has 2 aliphatic rings. The molecule has 4 aromatic rings. The van der Waals surface area contributed by atoms with E-state index in [1.807, 2.05) is 42.9 Å². The molecule has 3 atom stereocenters. The molecule has 6 nitrogen and oxygen atoms in total. The molecule has 8 heteroatoms. The Kier molecular flexibility index (Phi) is 5.72. The predicted molar refractivity (Wildman–Crippen MR) is 140 cm³/mol. The van der Waals surface area contributed by atoms with Crippen molar-refractivity contribution >= 4 is 0 Å². The second-order valence-electron chi connectivity index (χ2n) is 11.4. The van der Waals surface area contributed by atoms with E-state index in [1.165, 1.54) is 18.2 Å². The van der Waals surface area contributed by atoms with Gasteiger partial charge in [0.2, 0.25) is 0 Å². The van der Waals surface area contributed by atoms with Gasteiger partial charge in [-0.05, 0) is 72.9 Å². The molecule has 0 saturated heterocycles. The van der Waals surface area contributed by atoms with Crippen molar-refractivity contribution in [3.05, 3.63) is 82.9 Å². The zero-order chi connectivity index (χ0) is 26.8. The Morgan fingerprint density at radius 2 is 1.82 bits per heavy atom. The summed E-state index contributed by atoms with van der Waals surface area (Å²) in [6.07, 6.45) is 3.81. The first kappa shape index (κ1) is 24.8. The Balaban J connectivity index is 1.45. The quantitative estimate of drug-likeness (QED) is 0.350. The first-order valence-corrected chi connectivity index (χ1v) is 13.1. The lowest BCUT2D eigenvalue weighted by atomic mass is 9.66. The van der Waals surface area contributed by atoms with E-state index in [-0.39, 0.29) is 35.1 Å². The van der Waals surface area contributed by atoms with Crippen LogP contribution in [0.2, 0.25) is 0 Å². The van der Waals surface area contributed by atoms with E-state index < -0.39 is 17.0 Å². The van der Waals surface area contributed by atoms with Gasteiger partial charge in [0.25, 0.3) is 0 Å². The topological polar surface area (TPSA) is 76.7 Å². The minimum Gasteiger partial charge on any atom is -0.396 e. The number of nitrogens with zero attached hydrogens (tertiary/aromatic N) is 5. The summed E-state index contributed by atoms with van der Waals surface area (Å²) in [6.45, 7) is 9.17. The van der Waals surface area contributed by atoms with Crippen LogP contribution in [0.3, 0.4) is 0 Å². The molecule has 6 rings (SSSR count). The summed E-state index contributed by atoms with van der Waals surface area (Å²) in [5, 5.41) is 23.1. The van der Waals surface area contributed by atoms with Crippen LogP contribution in [0.4, 0.5) is 8.78 Å². The summed E-state index contributed by atoms with van der Waals surface area (Å²) in [4.78, 5) is 5.18. The first-order chi connectivity index (χ1) is 18.2. The van der Waals surface area contributed by atoms with Gasteiger partial charge in [0.1, 0.15) is 11.6 Å². The number of fused-ring (bicyclic) bond motifs is 5. The summed E-state index contributed by atoms with van der Waals surface area (Å²) in [5.74, 6) is -1.01. The van der Waals surface area contributed by atoms with Gasteiger partial charge in [0.05, 0.1) is 39.4 Å². The summed E-state index contributed by atoms with van der Waals surface area (Å²) >= 11 is 0. The number of hydrogen-bond acceptors (Lipinski definition) is 5. The molecule has 0 spiro atoms. The number of hydrogen-bond donors (Lipinski definition) is 1. The number of benzene rings is 1. The van der Waals surface area contributed by atoms with Crippen LogP contribution in [0.1, 0.15) is 62.2 Å². The van der Waals surface area contributed by atoms with E-state index >= 15 is 0 Å². The highest BCUT2D eigenvalue weighted by Crippen LogP contribution is 2.69. The van der Waals surface area contributed by atoms with E-state index in [2.05, 4.69) is 35.2 Å². The Morgan fingerprint density at radius 1 is 1.08 bits per heavy atom. The maximum absolute atomic E-state index is 14.6. The lowest BCUT2D eigenvalue weighted by Gasteiger charge is -2.37. The summed E-state index contributed by atoms with van der Waals surface area (Å²) < 4.78 is 31.0. The summed E-state index contributed by atoms with van der Waals surface area (Å²) in [5.41, 5.74) is 4.87. The van der Waals surface area contributed by atoms with Gasteiger partial charge in [-0.3, -0.25) is 9.67 Å². The maximum Gasteiger partial charge on any atom is 0.135 e. The molecule has 1 aromatic carbocycles. The number of rotatable bonds is 6. The van der Waals surface area contributed by atoms with Gasteiger partial charge in [-0.2, -0.15) is 10.2 Å². The molecule has 2 bridgehead atoms. The molecule has 196 valence electrons. The predicted octanol–water partition coefficient (Wildman–Crippen LogP) is 5.82. The third-order valence-electron chi connectivity index (χ3n) is 8.82. The van der Waals surface area contributed by atoms with Crippen LogP contribution in [-0.4, -0.2) is 36.7 Å². The maximum atomic E-state index is 14.6. The number of aliphatic hydroxyl groups is 1. The van der Waals surface area contributed by atoms with Crippen molar-refractivity contribution in [2.24, 2.45) is 11.3 Å². The standard InChI is InChI=1S/C30H31F2N5O/c1-17(16-38)14-37-15-20(18(2)36-37)24-9-6-10-26(33-24)30-12-11-21(29(30,3)4)19-13-25(34-35-28(19)30)27-22(31)7-5-8-23(27)32/h5-10,13,15,17,21,38H,11-12,14,16H2,1-4H3/t17-,21+,30+/m1/s1. The van der Waals surface area contributed by atoms with Crippen LogP contribution in [0.25, 0.3) is 22.5 Å². The van der Waals surface area contributed by atoms with Crippen LogP contribution in [0, 0.1) is 29.9 Å². The molecule has 0 unspecified atom stereocenters. The van der Waals surface area contributed by atoms with E-state index in [9.17, 15) is 13.9 Å². The van der Waals surface area contributed by atoms with Crippen molar-refractivity contribution < 1.29 is 13.9 Å². The van der Waals surface area contributed by atoms with E-state index in [1.54, 1.807) is 0 Å². The van der Waals surface area contributed by atoms with Crippen molar-refractivity contribution in [3.63, 3.8) is 0 Å². The van der Waals surface area contributed by atoms with Gasteiger partial charge >= 0.3 is 0 Å². The largest absolute Gasteiger partial charge is 0.396 e. The average Bonchev–Trinajstić information content (AvgIpc) is 3.46. The van der Waals surface area contributed by atoms with Crippen molar-refractivity contribution in [2.75, 3.05) is 6.61 Å². The average molecular weight is 516 g/mol. The van der Waals surface area contributed by atoms with E-state index in [0.29, 0.717) is 6.54 Å². The molecular formula is C30H31F2N5O. The third kappa shape index (κ3) is 3.46. The van der Waals surface area contributed by atoms with Crippen LogP contribution >= 0.6 is 0 Å². The van der Waals surface area contributed by atoms with Crippen molar-refractivity contribution in [1.29, 1.82) is 0 Å². The van der Waals surface area contributed by atoms with Gasteiger partial charge in [-0.15, -0.1) is 5.10 Å². The second-order valence-corrected chi connectivity index (χ2v) is 11.4. The van der Waals surface area contributed by atoms with Crippen LogP contribution < -0.4 is 0 Å². The monoisotopic (exact) mass is 515 g/mol. The highest BCUT2D eigenvalue weighted by molar-refractivity contribution is 5.65. The molecule has 0 radical (unpaired) electrons. The van der Waals surface area contributed by atoms with Crippen molar-refractivity contribution in [2.45, 2.75) is 58.4 Å². The lowest BCUT2D eigenvalue weighted by Crippen LogP contribution is -2.37. The fraction of sp³-hybridized carbons (Fsp3) is 0.400. The molecule has 1 saturated carbocycles. The Labute approximate surface area is 220 Å². The number of pyridine rings is 1. The normalized spacial score (nSPS) is 22.0. The minimum absolute atomic E-state index is 0.104. The van der Waals surface area contributed by atoms with Crippen LogP contribution in [0.15, 0.2) is 48.7 Å². The first-order valence-electron chi connectivity index (χ1n) is 13.1. The van der Waals surface area contributed by atoms with Gasteiger partial charge < -0.3 is 5.11 Å². The molecule has 1 N–H and O–H groups in total. The van der Waals surface area contributed by atoms with Gasteiger partial charge in [-0.1, -0.05) is 32.9 Å². The Morgan fingerprint density at radius 3 is 2.55 bits per heavy atom. The number of aliphatic hydroxyl groups excluding tert-OH is 1. The minimum atomic E-state index is -0.643. The second kappa shape index (κ2) is 8.76. The van der Waals surface area contributed by atoms with Gasteiger partial charge in [0.15, 0.2) is 0 Å². The fourth-order valence-corrected chi connectivity index (χ4v) is 6.82. The zero-order valence-electron chi connectivity index (χ0n) is 22.0. The van der Waals surface area contributed by atoms with E-state index in [4.69, 9.17) is 4.98 Å². The molecule has 3 heterocycles. The fourth-order valence-electron chi connectivity index (χ4n) is 6.82. The van der Waals surface area contributed by atoms with Crippen LogP contribution in [0.5, 0.6) is 0 Å². The van der Waals surface area contributed by atoms with E-state index in [0.717, 1.165) is 46.7 Å². The third-order valence-corrected chi connectivity index (χ3v) is 8.82. The number of aromatic nitrogens is 5.